The Morgan fingerprint density at radius 3 is 2.37 bits per heavy atom. The molecule has 2 fully saturated rings. The van der Waals surface area contributed by atoms with Crippen LogP contribution in [0.15, 0.2) is 30.5 Å². The van der Waals surface area contributed by atoms with E-state index in [0.717, 1.165) is 12.0 Å². The molecule has 0 N–H and O–H groups in total. The lowest BCUT2D eigenvalue weighted by molar-refractivity contribution is -0.123. The molecule has 1 aliphatic heterocycles. The third-order valence-electron chi connectivity index (χ3n) is 4.66. The van der Waals surface area contributed by atoms with E-state index in [4.69, 9.17) is 0 Å². The van der Waals surface area contributed by atoms with Crippen molar-refractivity contribution in [3.63, 3.8) is 0 Å². The van der Waals surface area contributed by atoms with Crippen molar-refractivity contribution < 1.29 is 9.59 Å². The molecular formula is C15H14N2O2. The maximum absolute atomic E-state index is 12.6. The Labute approximate surface area is 111 Å². The van der Waals surface area contributed by atoms with Crippen LogP contribution in [0.25, 0.3) is 0 Å². The third-order valence-corrected chi connectivity index (χ3v) is 4.66. The third kappa shape index (κ3) is 1.26. The van der Waals surface area contributed by atoms with E-state index < -0.39 is 0 Å². The maximum atomic E-state index is 12.6. The lowest BCUT2D eigenvalue weighted by Crippen LogP contribution is -2.34. The Balaban J connectivity index is 1.79. The molecule has 2 heterocycles. The molecule has 3 aliphatic rings. The van der Waals surface area contributed by atoms with Crippen LogP contribution in [-0.2, 0) is 9.59 Å². The Bertz CT molecular complexity index is 592. The highest BCUT2D eigenvalue weighted by atomic mass is 16.2. The number of rotatable bonds is 1. The molecule has 2 aliphatic carbocycles. The van der Waals surface area contributed by atoms with Crippen LogP contribution < -0.4 is 4.90 Å². The Morgan fingerprint density at radius 2 is 1.79 bits per heavy atom. The van der Waals surface area contributed by atoms with Crippen LogP contribution in [-0.4, -0.2) is 16.8 Å². The van der Waals surface area contributed by atoms with Crippen molar-refractivity contribution in [1.82, 2.24) is 4.98 Å². The summed E-state index contributed by atoms with van der Waals surface area (Å²) < 4.78 is 0. The highest BCUT2D eigenvalue weighted by Crippen LogP contribution is 2.53. The number of imide groups is 1. The second-order valence-corrected chi connectivity index (χ2v) is 5.66. The molecule has 1 saturated heterocycles. The molecule has 19 heavy (non-hydrogen) atoms. The highest BCUT2D eigenvalue weighted by Gasteiger charge is 2.59. The van der Waals surface area contributed by atoms with Crippen LogP contribution in [0.2, 0.25) is 0 Å². The molecule has 4 rings (SSSR count). The fourth-order valence-electron chi connectivity index (χ4n) is 3.82. The first-order valence-electron chi connectivity index (χ1n) is 6.66. The van der Waals surface area contributed by atoms with E-state index in [1.165, 1.54) is 4.90 Å². The van der Waals surface area contributed by atoms with E-state index in [2.05, 4.69) is 17.1 Å². The zero-order valence-electron chi connectivity index (χ0n) is 10.6. The first-order valence-corrected chi connectivity index (χ1v) is 6.66. The molecule has 0 unspecified atom stereocenters. The number of anilines is 1. The zero-order valence-corrected chi connectivity index (χ0v) is 10.6. The van der Waals surface area contributed by atoms with E-state index in [1.807, 2.05) is 19.1 Å². The van der Waals surface area contributed by atoms with Gasteiger partial charge in [-0.05, 0) is 36.8 Å². The van der Waals surface area contributed by atoms with Crippen LogP contribution in [0.4, 0.5) is 5.82 Å². The molecule has 96 valence electrons. The number of allylic oxidation sites excluding steroid dienone is 2. The van der Waals surface area contributed by atoms with Crippen molar-refractivity contribution in [2.75, 3.05) is 4.90 Å². The number of carbonyl (C=O) groups excluding carboxylic acids is 2. The van der Waals surface area contributed by atoms with Crippen molar-refractivity contribution in [3.8, 4) is 0 Å². The van der Waals surface area contributed by atoms with E-state index in [9.17, 15) is 9.59 Å². The van der Waals surface area contributed by atoms with Gasteiger partial charge in [-0.1, -0.05) is 18.2 Å². The second kappa shape index (κ2) is 3.53. The molecular weight excluding hydrogens is 240 g/mol. The first kappa shape index (κ1) is 10.9. The molecule has 4 heteroatoms. The normalized spacial score (nSPS) is 35.3. The van der Waals surface area contributed by atoms with Gasteiger partial charge in [0.05, 0.1) is 11.8 Å². The van der Waals surface area contributed by atoms with Gasteiger partial charge in [0, 0.05) is 6.20 Å². The van der Waals surface area contributed by atoms with Crippen molar-refractivity contribution in [3.05, 3.63) is 36.0 Å². The summed E-state index contributed by atoms with van der Waals surface area (Å²) in [4.78, 5) is 30.7. The predicted molar refractivity (Wildman–Crippen MR) is 69.2 cm³/mol. The minimum Gasteiger partial charge on any atom is -0.274 e. The first-order chi connectivity index (χ1) is 9.18. The largest absolute Gasteiger partial charge is 0.274 e. The van der Waals surface area contributed by atoms with Crippen molar-refractivity contribution in [2.24, 2.45) is 23.7 Å². The Morgan fingerprint density at radius 1 is 1.16 bits per heavy atom. The molecule has 0 spiro atoms. The molecule has 2 bridgehead atoms. The summed E-state index contributed by atoms with van der Waals surface area (Å²) in [5.74, 6) is 0.586. The number of aromatic nitrogens is 1. The number of pyridine rings is 1. The monoisotopic (exact) mass is 254 g/mol. The van der Waals surface area contributed by atoms with Crippen molar-refractivity contribution in [2.45, 2.75) is 13.3 Å². The summed E-state index contributed by atoms with van der Waals surface area (Å²) in [5.41, 5.74) is 0.865. The van der Waals surface area contributed by atoms with Gasteiger partial charge >= 0.3 is 0 Å². The lowest BCUT2D eigenvalue weighted by atomic mass is 9.85. The summed E-state index contributed by atoms with van der Waals surface area (Å²) in [6.07, 6.45) is 6.79. The SMILES string of the molecule is Cc1cccnc1N1C(=O)[C@@H]2[C@@H](C1=O)[C@@H]1C=C[C@@H]2C1. The molecule has 4 atom stereocenters. The maximum Gasteiger partial charge on any atom is 0.239 e. The molecule has 2 amide bonds. The van der Waals surface area contributed by atoms with Crippen molar-refractivity contribution in [1.29, 1.82) is 0 Å². The van der Waals surface area contributed by atoms with E-state index in [1.54, 1.807) is 6.20 Å². The Kier molecular flexibility index (Phi) is 2.03. The molecule has 1 saturated carbocycles. The number of aryl methyl sites for hydroxylation is 1. The summed E-state index contributed by atoms with van der Waals surface area (Å²) in [5, 5.41) is 0. The van der Waals surface area contributed by atoms with Crippen LogP contribution in [0.5, 0.6) is 0 Å². The van der Waals surface area contributed by atoms with Gasteiger partial charge in [0.25, 0.3) is 0 Å². The summed E-state index contributed by atoms with van der Waals surface area (Å²) in [6, 6.07) is 3.69. The van der Waals surface area contributed by atoms with Gasteiger partial charge in [0.1, 0.15) is 5.82 Å². The number of hydrogen-bond donors (Lipinski definition) is 0. The van der Waals surface area contributed by atoms with Gasteiger partial charge in [-0.15, -0.1) is 0 Å². The van der Waals surface area contributed by atoms with Crippen LogP contribution in [0, 0.1) is 30.6 Å². The van der Waals surface area contributed by atoms with Crippen LogP contribution in [0.3, 0.4) is 0 Å². The smallest absolute Gasteiger partial charge is 0.239 e. The van der Waals surface area contributed by atoms with Gasteiger partial charge in [-0.2, -0.15) is 0 Å². The molecule has 4 nitrogen and oxygen atoms in total. The topological polar surface area (TPSA) is 50.3 Å². The zero-order chi connectivity index (χ0) is 13.1. The minimum absolute atomic E-state index is 0.0614. The lowest BCUT2D eigenvalue weighted by Gasteiger charge is -2.17. The Hall–Kier alpha value is -1.97. The number of hydrogen-bond acceptors (Lipinski definition) is 3. The van der Waals surface area contributed by atoms with Crippen LogP contribution >= 0.6 is 0 Å². The van der Waals surface area contributed by atoms with Crippen molar-refractivity contribution >= 4 is 17.6 Å². The van der Waals surface area contributed by atoms with Gasteiger partial charge in [-0.25, -0.2) is 9.88 Å². The van der Waals surface area contributed by atoms with E-state index in [0.29, 0.717) is 5.82 Å². The number of nitrogens with zero attached hydrogens (tertiary/aromatic N) is 2. The van der Waals surface area contributed by atoms with Crippen LogP contribution in [0.1, 0.15) is 12.0 Å². The average Bonchev–Trinajstić information content (AvgIpc) is 3.06. The average molecular weight is 254 g/mol. The predicted octanol–water partition coefficient (Wildman–Crippen LogP) is 1.70. The highest BCUT2D eigenvalue weighted by molar-refractivity contribution is 6.22. The van der Waals surface area contributed by atoms with Gasteiger partial charge < -0.3 is 0 Å². The van der Waals surface area contributed by atoms with Gasteiger partial charge in [0.2, 0.25) is 11.8 Å². The fraction of sp³-hybridized carbons (Fsp3) is 0.400. The second-order valence-electron chi connectivity index (χ2n) is 5.66. The summed E-state index contributed by atoms with van der Waals surface area (Å²) in [7, 11) is 0. The number of fused-ring (bicyclic) bond motifs is 5. The minimum atomic E-state index is -0.149. The summed E-state index contributed by atoms with van der Waals surface area (Å²) in [6.45, 7) is 1.88. The number of amides is 2. The standard InChI is InChI=1S/C15H14N2O2/c1-8-3-2-6-16-13(8)17-14(18)11-9-4-5-10(7-9)12(11)15(17)19/h2-6,9-12H,7H2,1H3/t9-,10-,11+,12+/m1/s1. The van der Waals surface area contributed by atoms with E-state index >= 15 is 0 Å². The molecule has 1 aromatic rings. The van der Waals surface area contributed by atoms with Gasteiger partial charge in [-0.3, -0.25) is 9.59 Å². The molecule has 0 radical (unpaired) electrons. The molecule has 1 aromatic heterocycles. The van der Waals surface area contributed by atoms with Gasteiger partial charge in [0.15, 0.2) is 0 Å². The summed E-state index contributed by atoms with van der Waals surface area (Å²) >= 11 is 0. The van der Waals surface area contributed by atoms with E-state index in [-0.39, 0.29) is 35.5 Å². The molecule has 0 aromatic carbocycles. The quantitative estimate of drug-likeness (QED) is 0.566. The number of carbonyl (C=O) groups is 2. The fourth-order valence-corrected chi connectivity index (χ4v) is 3.82.